The van der Waals surface area contributed by atoms with Crippen molar-refractivity contribution < 1.29 is 9.47 Å². The summed E-state index contributed by atoms with van der Waals surface area (Å²) in [6.07, 6.45) is 0.489. The second-order valence-electron chi connectivity index (χ2n) is 5.53. The summed E-state index contributed by atoms with van der Waals surface area (Å²) in [5, 5.41) is 5.49. The van der Waals surface area contributed by atoms with Gasteiger partial charge in [-0.3, -0.25) is 15.0 Å². The molecule has 1 aromatic heterocycles. The Kier molecular flexibility index (Phi) is 5.13. The van der Waals surface area contributed by atoms with Gasteiger partial charge in [-0.1, -0.05) is 48.5 Å². The highest BCUT2D eigenvalue weighted by Crippen LogP contribution is 2.22. The van der Waals surface area contributed by atoms with Crippen molar-refractivity contribution in [2.24, 2.45) is 0 Å². The zero-order valence-corrected chi connectivity index (χ0v) is 13.5. The number of aromatic nitrogens is 2. The summed E-state index contributed by atoms with van der Waals surface area (Å²) in [6, 6.07) is 17.8. The minimum absolute atomic E-state index is 0.125. The summed E-state index contributed by atoms with van der Waals surface area (Å²) in [7, 11) is 1.60. The van der Waals surface area contributed by atoms with Gasteiger partial charge in [0.1, 0.15) is 12.4 Å². The van der Waals surface area contributed by atoms with E-state index in [1.165, 1.54) is 0 Å². The number of aromatic amines is 2. The van der Waals surface area contributed by atoms with Gasteiger partial charge in [0.2, 0.25) is 0 Å². The van der Waals surface area contributed by atoms with Crippen LogP contribution in [0.3, 0.4) is 0 Å². The van der Waals surface area contributed by atoms with Crippen molar-refractivity contribution in [3.63, 3.8) is 0 Å². The van der Waals surface area contributed by atoms with E-state index in [9.17, 15) is 4.79 Å². The number of ether oxygens (including phenoxy) is 2. The molecule has 0 saturated heterocycles. The first-order valence-electron chi connectivity index (χ1n) is 7.80. The van der Waals surface area contributed by atoms with Crippen LogP contribution >= 0.6 is 0 Å². The average molecular weight is 324 g/mol. The van der Waals surface area contributed by atoms with Crippen molar-refractivity contribution in [1.82, 2.24) is 10.2 Å². The Balaban J connectivity index is 1.79. The highest BCUT2D eigenvalue weighted by molar-refractivity contribution is 5.38. The Bertz CT molecular complexity index is 837. The van der Waals surface area contributed by atoms with Crippen LogP contribution in [0.2, 0.25) is 0 Å². The average Bonchev–Trinajstić information content (AvgIpc) is 2.96. The SMILES string of the molecule is COCc1[nH][nH]c(=O)c1Cc1ccccc1OCc1ccccc1. The maximum atomic E-state index is 12.0. The third-order valence-electron chi connectivity index (χ3n) is 3.83. The van der Waals surface area contributed by atoms with E-state index in [1.54, 1.807) is 7.11 Å². The van der Waals surface area contributed by atoms with Crippen molar-refractivity contribution in [1.29, 1.82) is 0 Å². The summed E-state index contributed by atoms with van der Waals surface area (Å²) < 4.78 is 11.1. The fourth-order valence-electron chi connectivity index (χ4n) is 2.59. The first-order valence-corrected chi connectivity index (χ1v) is 7.80. The topological polar surface area (TPSA) is 67.1 Å². The molecule has 0 spiro atoms. The lowest BCUT2D eigenvalue weighted by Crippen LogP contribution is -2.09. The molecule has 0 amide bonds. The van der Waals surface area contributed by atoms with Gasteiger partial charge in [-0.2, -0.15) is 0 Å². The third-order valence-corrected chi connectivity index (χ3v) is 3.83. The van der Waals surface area contributed by atoms with Gasteiger partial charge in [0, 0.05) is 19.1 Å². The van der Waals surface area contributed by atoms with Gasteiger partial charge in [-0.05, 0) is 17.2 Å². The molecule has 0 radical (unpaired) electrons. The summed E-state index contributed by atoms with van der Waals surface area (Å²) in [5.41, 5.74) is 3.38. The van der Waals surface area contributed by atoms with Crippen LogP contribution in [0.4, 0.5) is 0 Å². The highest BCUT2D eigenvalue weighted by Gasteiger charge is 2.13. The molecule has 24 heavy (non-hydrogen) atoms. The molecule has 124 valence electrons. The molecule has 3 rings (SSSR count). The van der Waals surface area contributed by atoms with Crippen LogP contribution in [0.25, 0.3) is 0 Å². The molecular formula is C19H20N2O3. The van der Waals surface area contributed by atoms with Gasteiger partial charge in [-0.15, -0.1) is 0 Å². The van der Waals surface area contributed by atoms with Gasteiger partial charge >= 0.3 is 0 Å². The molecule has 0 unspecified atom stereocenters. The number of benzene rings is 2. The first kappa shape index (κ1) is 16.1. The number of rotatable bonds is 7. The van der Waals surface area contributed by atoms with Gasteiger partial charge < -0.3 is 9.47 Å². The Hall–Kier alpha value is -2.79. The molecule has 0 atom stereocenters. The highest BCUT2D eigenvalue weighted by atomic mass is 16.5. The van der Waals surface area contributed by atoms with Crippen LogP contribution in [0.5, 0.6) is 5.75 Å². The molecule has 5 heteroatoms. The molecule has 3 aromatic rings. The maximum absolute atomic E-state index is 12.0. The Morgan fingerprint density at radius 3 is 2.46 bits per heavy atom. The zero-order valence-electron chi connectivity index (χ0n) is 13.5. The van der Waals surface area contributed by atoms with Crippen molar-refractivity contribution in [3.05, 3.63) is 87.3 Å². The lowest BCUT2D eigenvalue weighted by Gasteiger charge is -2.11. The number of hydrogen-bond donors (Lipinski definition) is 2. The van der Waals surface area contributed by atoms with Crippen LogP contribution in [0.15, 0.2) is 59.4 Å². The molecule has 0 fully saturated rings. The van der Waals surface area contributed by atoms with Crippen LogP contribution in [0.1, 0.15) is 22.4 Å². The lowest BCUT2D eigenvalue weighted by molar-refractivity contribution is 0.180. The van der Waals surface area contributed by atoms with E-state index in [-0.39, 0.29) is 5.56 Å². The van der Waals surface area contributed by atoms with Gasteiger partial charge in [0.25, 0.3) is 5.56 Å². The van der Waals surface area contributed by atoms with Crippen LogP contribution in [0, 0.1) is 0 Å². The molecule has 0 bridgehead atoms. The summed E-state index contributed by atoms with van der Waals surface area (Å²) >= 11 is 0. The number of nitrogens with one attached hydrogen (secondary N) is 2. The summed E-state index contributed by atoms with van der Waals surface area (Å²) in [6.45, 7) is 0.855. The standard InChI is InChI=1S/C19H20N2O3/c1-23-13-17-16(19(22)21-20-17)11-15-9-5-6-10-18(15)24-12-14-7-3-2-4-8-14/h2-10H,11-13H2,1H3,(H2,20,21,22). The molecule has 0 aliphatic carbocycles. The number of methoxy groups -OCH3 is 1. The molecule has 0 saturated carbocycles. The minimum Gasteiger partial charge on any atom is -0.489 e. The second-order valence-corrected chi connectivity index (χ2v) is 5.53. The van der Waals surface area contributed by atoms with Crippen molar-refractivity contribution in [3.8, 4) is 5.75 Å². The zero-order chi connectivity index (χ0) is 16.8. The van der Waals surface area contributed by atoms with Crippen molar-refractivity contribution in [2.75, 3.05) is 7.11 Å². The molecular weight excluding hydrogens is 304 g/mol. The Labute approximate surface area is 140 Å². The first-order chi connectivity index (χ1) is 11.8. The van der Waals surface area contributed by atoms with Crippen LogP contribution in [-0.2, 0) is 24.4 Å². The van der Waals surface area contributed by atoms with E-state index >= 15 is 0 Å². The van der Waals surface area contributed by atoms with E-state index in [0.29, 0.717) is 25.2 Å². The largest absolute Gasteiger partial charge is 0.489 e. The fraction of sp³-hybridized carbons (Fsp3) is 0.211. The monoisotopic (exact) mass is 324 g/mol. The van der Waals surface area contributed by atoms with Gasteiger partial charge in [-0.25, -0.2) is 0 Å². The predicted molar refractivity (Wildman–Crippen MR) is 92.1 cm³/mol. The van der Waals surface area contributed by atoms with E-state index in [2.05, 4.69) is 10.2 Å². The van der Waals surface area contributed by atoms with E-state index < -0.39 is 0 Å². The molecule has 0 aliphatic heterocycles. The van der Waals surface area contributed by atoms with Crippen molar-refractivity contribution in [2.45, 2.75) is 19.6 Å². The molecule has 5 nitrogen and oxygen atoms in total. The quantitative estimate of drug-likeness (QED) is 0.702. The van der Waals surface area contributed by atoms with Crippen LogP contribution < -0.4 is 10.3 Å². The molecule has 2 aromatic carbocycles. The maximum Gasteiger partial charge on any atom is 0.267 e. The third kappa shape index (κ3) is 3.75. The molecule has 1 heterocycles. The lowest BCUT2D eigenvalue weighted by atomic mass is 10.0. The second kappa shape index (κ2) is 7.66. The summed E-state index contributed by atoms with van der Waals surface area (Å²) in [5.74, 6) is 0.783. The van der Waals surface area contributed by atoms with E-state index in [4.69, 9.17) is 9.47 Å². The number of hydrogen-bond acceptors (Lipinski definition) is 3. The number of H-pyrrole nitrogens is 2. The molecule has 0 aliphatic rings. The van der Waals surface area contributed by atoms with E-state index in [0.717, 1.165) is 22.6 Å². The summed E-state index contributed by atoms with van der Waals surface area (Å²) in [4.78, 5) is 12.0. The van der Waals surface area contributed by atoms with Gasteiger partial charge in [0.15, 0.2) is 0 Å². The number of para-hydroxylation sites is 1. The van der Waals surface area contributed by atoms with E-state index in [1.807, 2.05) is 54.6 Å². The molecule has 2 N–H and O–H groups in total. The van der Waals surface area contributed by atoms with Crippen molar-refractivity contribution >= 4 is 0 Å². The van der Waals surface area contributed by atoms with Crippen LogP contribution in [-0.4, -0.2) is 17.3 Å². The normalized spacial score (nSPS) is 10.7. The minimum atomic E-state index is -0.125. The van der Waals surface area contributed by atoms with Gasteiger partial charge in [0.05, 0.1) is 12.3 Å². The Morgan fingerprint density at radius 2 is 1.67 bits per heavy atom. The smallest absolute Gasteiger partial charge is 0.267 e. The Morgan fingerprint density at radius 1 is 0.917 bits per heavy atom. The fourth-order valence-corrected chi connectivity index (χ4v) is 2.59. The predicted octanol–water partition coefficient (Wildman–Crippen LogP) is 3.02.